The first-order valence-corrected chi connectivity index (χ1v) is 8.97. The maximum Gasteiger partial charge on any atom is 0.412 e. The van der Waals surface area contributed by atoms with Crippen LogP contribution in [-0.4, -0.2) is 35.3 Å². The lowest BCUT2D eigenvalue weighted by atomic mass is 9.93. The van der Waals surface area contributed by atoms with Gasteiger partial charge in [0.2, 0.25) is 0 Å². The fraction of sp³-hybridized carbons (Fsp3) is 0.421. The Balaban J connectivity index is 2.12. The van der Waals surface area contributed by atoms with Crippen LogP contribution in [0, 0.1) is 5.92 Å². The monoisotopic (exact) mass is 392 g/mol. The number of nitrogens with two attached hydrogens (primary N) is 1. The van der Waals surface area contributed by atoms with Gasteiger partial charge in [0, 0.05) is 17.3 Å². The maximum absolute atomic E-state index is 11.3. The third kappa shape index (κ3) is 6.37. The van der Waals surface area contributed by atoms with E-state index in [1.807, 2.05) is 6.92 Å². The topological polar surface area (TPSA) is 99.4 Å². The lowest BCUT2D eigenvalue weighted by Crippen LogP contribution is -2.43. The number of rotatable bonds is 7. The minimum absolute atomic E-state index is 0.243. The molecule has 2 heterocycles. The summed E-state index contributed by atoms with van der Waals surface area (Å²) in [6.07, 6.45) is 1.80. The zero-order valence-electron chi connectivity index (χ0n) is 16.0. The molecular weight excluding hydrogens is 368 g/mol. The first-order valence-electron chi connectivity index (χ1n) is 8.60. The molecule has 0 fully saturated rings. The molecular formula is C19H25ClN4O3. The van der Waals surface area contributed by atoms with Crippen LogP contribution in [0.4, 0.5) is 10.6 Å². The standard InChI is InChI=1S/C19H25ClN4O3/c1-12(2)10-19(3,21)11-27-15-6-5-14(23-17(15)20)13-7-8-22-16(9-13)24-18(25)26-4/h5-9,12H,10-11,21H2,1-4H3,(H,22,24,25). The predicted molar refractivity (Wildman–Crippen MR) is 106 cm³/mol. The van der Waals surface area contributed by atoms with Crippen LogP contribution in [0.15, 0.2) is 30.5 Å². The average molecular weight is 393 g/mol. The van der Waals surface area contributed by atoms with E-state index in [9.17, 15) is 4.79 Å². The summed E-state index contributed by atoms with van der Waals surface area (Å²) >= 11 is 6.28. The Hall–Kier alpha value is -2.38. The molecule has 0 aliphatic carbocycles. The summed E-state index contributed by atoms with van der Waals surface area (Å²) in [5.41, 5.74) is 7.18. The van der Waals surface area contributed by atoms with Crippen LogP contribution >= 0.6 is 11.6 Å². The van der Waals surface area contributed by atoms with E-state index in [2.05, 4.69) is 33.9 Å². The quantitative estimate of drug-likeness (QED) is 0.687. The molecule has 146 valence electrons. The summed E-state index contributed by atoms with van der Waals surface area (Å²) in [7, 11) is 1.28. The molecule has 0 aliphatic rings. The first-order chi connectivity index (χ1) is 12.7. The number of carbonyl (C=O) groups is 1. The van der Waals surface area contributed by atoms with Gasteiger partial charge in [0.05, 0.1) is 12.8 Å². The summed E-state index contributed by atoms with van der Waals surface area (Å²) < 4.78 is 10.3. The lowest BCUT2D eigenvalue weighted by Gasteiger charge is -2.26. The zero-order valence-corrected chi connectivity index (χ0v) is 16.7. The minimum Gasteiger partial charge on any atom is -0.488 e. The average Bonchev–Trinajstić information content (AvgIpc) is 2.59. The first kappa shape index (κ1) is 20.9. The number of hydrogen-bond donors (Lipinski definition) is 2. The molecule has 0 saturated heterocycles. The molecule has 1 atom stereocenters. The lowest BCUT2D eigenvalue weighted by molar-refractivity contribution is 0.187. The van der Waals surface area contributed by atoms with Crippen molar-refractivity contribution in [1.29, 1.82) is 0 Å². The Morgan fingerprint density at radius 3 is 2.74 bits per heavy atom. The van der Waals surface area contributed by atoms with Crippen LogP contribution in [0.5, 0.6) is 5.75 Å². The molecule has 0 aromatic carbocycles. The van der Waals surface area contributed by atoms with E-state index >= 15 is 0 Å². The van der Waals surface area contributed by atoms with Crippen molar-refractivity contribution in [2.24, 2.45) is 11.7 Å². The zero-order chi connectivity index (χ0) is 20.0. The number of amides is 1. The van der Waals surface area contributed by atoms with Gasteiger partial charge in [-0.1, -0.05) is 25.4 Å². The van der Waals surface area contributed by atoms with Crippen LogP contribution < -0.4 is 15.8 Å². The minimum atomic E-state index is -0.597. The smallest absolute Gasteiger partial charge is 0.412 e. The van der Waals surface area contributed by atoms with Crippen molar-refractivity contribution < 1.29 is 14.3 Å². The van der Waals surface area contributed by atoms with Crippen LogP contribution in [0.1, 0.15) is 27.2 Å². The van der Waals surface area contributed by atoms with Gasteiger partial charge >= 0.3 is 6.09 Å². The third-order valence-electron chi connectivity index (χ3n) is 3.72. The summed E-state index contributed by atoms with van der Waals surface area (Å²) in [4.78, 5) is 19.7. The fourth-order valence-corrected chi connectivity index (χ4v) is 2.95. The van der Waals surface area contributed by atoms with Crippen molar-refractivity contribution in [3.05, 3.63) is 35.6 Å². The van der Waals surface area contributed by atoms with Crippen molar-refractivity contribution in [3.8, 4) is 17.0 Å². The van der Waals surface area contributed by atoms with Gasteiger partial charge in [-0.05, 0) is 43.5 Å². The number of carbonyl (C=O) groups excluding carboxylic acids is 1. The van der Waals surface area contributed by atoms with Crippen LogP contribution in [0.25, 0.3) is 11.3 Å². The van der Waals surface area contributed by atoms with E-state index < -0.39 is 11.6 Å². The van der Waals surface area contributed by atoms with Crippen molar-refractivity contribution in [3.63, 3.8) is 0 Å². The molecule has 7 nitrogen and oxygen atoms in total. The van der Waals surface area contributed by atoms with Gasteiger partial charge in [0.25, 0.3) is 0 Å². The van der Waals surface area contributed by atoms with Crippen molar-refractivity contribution in [2.45, 2.75) is 32.7 Å². The molecule has 0 radical (unpaired) electrons. The van der Waals surface area contributed by atoms with Crippen molar-refractivity contribution in [1.82, 2.24) is 9.97 Å². The molecule has 1 amide bonds. The number of pyridine rings is 2. The number of nitrogens with zero attached hydrogens (tertiary/aromatic N) is 2. The molecule has 3 N–H and O–H groups in total. The van der Waals surface area contributed by atoms with E-state index in [-0.39, 0.29) is 5.15 Å². The van der Waals surface area contributed by atoms with Crippen LogP contribution in [0.3, 0.4) is 0 Å². The van der Waals surface area contributed by atoms with Gasteiger partial charge in [-0.15, -0.1) is 0 Å². The highest BCUT2D eigenvalue weighted by Gasteiger charge is 2.21. The second-order valence-corrected chi connectivity index (χ2v) is 7.43. The van der Waals surface area contributed by atoms with E-state index in [4.69, 9.17) is 22.1 Å². The van der Waals surface area contributed by atoms with Gasteiger partial charge < -0.3 is 15.2 Å². The van der Waals surface area contributed by atoms with Gasteiger partial charge in [0.15, 0.2) is 10.9 Å². The molecule has 8 heteroatoms. The van der Waals surface area contributed by atoms with Gasteiger partial charge in [0.1, 0.15) is 12.4 Å². The SMILES string of the molecule is COC(=O)Nc1cc(-c2ccc(OCC(C)(N)CC(C)C)c(Cl)n2)ccn1. The van der Waals surface area contributed by atoms with E-state index in [0.717, 1.165) is 12.0 Å². The van der Waals surface area contributed by atoms with Crippen LogP contribution in [-0.2, 0) is 4.74 Å². The number of hydrogen-bond acceptors (Lipinski definition) is 6. The highest BCUT2D eigenvalue weighted by molar-refractivity contribution is 6.31. The summed E-state index contributed by atoms with van der Waals surface area (Å²) in [5.74, 6) is 1.30. The van der Waals surface area contributed by atoms with Crippen molar-refractivity contribution in [2.75, 3.05) is 19.0 Å². The molecule has 27 heavy (non-hydrogen) atoms. The van der Waals surface area contributed by atoms with Gasteiger partial charge in [-0.3, -0.25) is 5.32 Å². The number of ether oxygens (including phenoxy) is 2. The second-order valence-electron chi connectivity index (χ2n) is 7.07. The number of nitrogens with one attached hydrogen (secondary N) is 1. The van der Waals surface area contributed by atoms with Gasteiger partial charge in [-0.25, -0.2) is 14.8 Å². The second kappa shape index (κ2) is 9.01. The Bertz CT molecular complexity index is 796. The molecule has 0 aliphatic heterocycles. The van der Waals surface area contributed by atoms with E-state index in [1.165, 1.54) is 7.11 Å². The molecule has 2 aromatic rings. The molecule has 2 aromatic heterocycles. The Morgan fingerprint density at radius 2 is 2.11 bits per heavy atom. The number of methoxy groups -OCH3 is 1. The Labute approximate surface area is 164 Å². The fourth-order valence-electron chi connectivity index (χ4n) is 2.74. The number of aromatic nitrogens is 2. The normalized spacial score (nSPS) is 13.1. The number of halogens is 1. The Morgan fingerprint density at radius 1 is 1.37 bits per heavy atom. The van der Waals surface area contributed by atoms with E-state index in [0.29, 0.717) is 29.8 Å². The molecule has 0 bridgehead atoms. The van der Waals surface area contributed by atoms with Crippen molar-refractivity contribution >= 4 is 23.5 Å². The summed E-state index contributed by atoms with van der Waals surface area (Å²) in [6, 6.07) is 6.98. The maximum atomic E-state index is 11.3. The molecule has 0 spiro atoms. The van der Waals surface area contributed by atoms with E-state index in [1.54, 1.807) is 30.5 Å². The number of anilines is 1. The largest absolute Gasteiger partial charge is 0.488 e. The van der Waals surface area contributed by atoms with Crippen LogP contribution in [0.2, 0.25) is 5.15 Å². The Kier molecular flexibility index (Phi) is 6.98. The third-order valence-corrected chi connectivity index (χ3v) is 3.99. The summed E-state index contributed by atoms with van der Waals surface area (Å²) in [6.45, 7) is 6.53. The molecule has 1 unspecified atom stereocenters. The molecule has 2 rings (SSSR count). The molecule has 0 saturated carbocycles. The highest BCUT2D eigenvalue weighted by atomic mass is 35.5. The van der Waals surface area contributed by atoms with Gasteiger partial charge in [-0.2, -0.15) is 0 Å². The highest BCUT2D eigenvalue weighted by Crippen LogP contribution is 2.28. The predicted octanol–water partition coefficient (Wildman–Crippen LogP) is 4.12. The summed E-state index contributed by atoms with van der Waals surface area (Å²) in [5, 5.41) is 2.75.